The van der Waals surface area contributed by atoms with Gasteiger partial charge in [0.1, 0.15) is 0 Å². The molecule has 0 fully saturated rings. The molecule has 128 valence electrons. The molecule has 3 N–H and O–H groups in total. The second kappa shape index (κ2) is 7.43. The summed E-state index contributed by atoms with van der Waals surface area (Å²) in [5.74, 6) is 0.314. The first-order valence-corrected chi connectivity index (χ1v) is 7.65. The van der Waals surface area contributed by atoms with Crippen LogP contribution in [0.5, 0.6) is 0 Å². The predicted octanol–water partition coefficient (Wildman–Crippen LogP) is 3.18. The number of nitrogens with one attached hydrogen (secondary N) is 3. The zero-order valence-corrected chi connectivity index (χ0v) is 13.5. The van der Waals surface area contributed by atoms with Crippen LogP contribution in [0.2, 0.25) is 0 Å². The number of anilines is 1. The summed E-state index contributed by atoms with van der Waals surface area (Å²) in [5.41, 5.74) is -3.02. The second-order valence-corrected chi connectivity index (χ2v) is 5.89. The molecule has 0 aliphatic rings. The van der Waals surface area contributed by atoms with Crippen molar-refractivity contribution in [3.63, 3.8) is 0 Å². The molecule has 9 heteroatoms. The van der Waals surface area contributed by atoms with E-state index < -0.39 is 5.51 Å². The molecule has 1 aromatic carbocycles. The number of alkyl halides is 3. The first-order valence-electron chi connectivity index (χ1n) is 6.84. The monoisotopic (exact) mass is 356 g/mol. The topological polar surface area (TPSA) is 69.8 Å². The van der Waals surface area contributed by atoms with Gasteiger partial charge in [-0.1, -0.05) is 18.7 Å². The summed E-state index contributed by atoms with van der Waals surface area (Å²) in [5, 5.41) is 5.73. The molecule has 0 unspecified atom stereocenters. The molecule has 0 radical (unpaired) electrons. The summed E-state index contributed by atoms with van der Waals surface area (Å²) in [6.07, 6.45) is 0. The van der Waals surface area contributed by atoms with E-state index in [0.29, 0.717) is 23.9 Å². The number of benzene rings is 1. The van der Waals surface area contributed by atoms with Gasteiger partial charge in [0, 0.05) is 24.6 Å². The van der Waals surface area contributed by atoms with Gasteiger partial charge in [-0.2, -0.15) is 13.2 Å². The van der Waals surface area contributed by atoms with Crippen LogP contribution in [0, 0.1) is 0 Å². The minimum Gasteiger partial charge on any atom is -0.380 e. The average Bonchev–Trinajstić information content (AvgIpc) is 2.51. The van der Waals surface area contributed by atoms with E-state index in [9.17, 15) is 18.0 Å². The molecule has 0 amide bonds. The molecule has 0 spiro atoms. The maximum atomic E-state index is 12.3. The third-order valence-electron chi connectivity index (χ3n) is 2.95. The fourth-order valence-corrected chi connectivity index (χ4v) is 2.38. The summed E-state index contributed by atoms with van der Waals surface area (Å²) in [6, 6.07) is 7.31. The maximum Gasteiger partial charge on any atom is 0.446 e. The second-order valence-electron chi connectivity index (χ2n) is 4.75. The Kier molecular flexibility index (Phi) is 5.55. The van der Waals surface area contributed by atoms with Gasteiger partial charge >= 0.3 is 5.51 Å². The third-order valence-corrected chi connectivity index (χ3v) is 3.69. The van der Waals surface area contributed by atoms with Crippen molar-refractivity contribution in [2.75, 3.05) is 12.4 Å². The van der Waals surface area contributed by atoms with Gasteiger partial charge in [-0.05, 0) is 29.5 Å². The number of hydrogen-bond donors (Lipinski definition) is 3. The smallest absolute Gasteiger partial charge is 0.380 e. The normalized spacial score (nSPS) is 11.2. The number of H-pyrrole nitrogens is 1. The summed E-state index contributed by atoms with van der Waals surface area (Å²) in [6.45, 7) is 4.16. The molecule has 5 nitrogen and oxygen atoms in total. The Bertz CT molecular complexity index is 772. The Morgan fingerprint density at radius 1 is 1.33 bits per heavy atom. The lowest BCUT2D eigenvalue weighted by Gasteiger charge is -2.11. The van der Waals surface area contributed by atoms with Crippen LogP contribution in [-0.4, -0.2) is 22.5 Å². The summed E-state index contributed by atoms with van der Waals surface area (Å²) >= 11 is -0.157. The van der Waals surface area contributed by atoms with Crippen molar-refractivity contribution >= 4 is 23.4 Å². The van der Waals surface area contributed by atoms with Gasteiger partial charge in [0.2, 0.25) is 5.95 Å². The standard InChI is InChI=1S/C15H15F3N4OS/c1-9(12-7-13(23)22-14(19-2)21-12)20-8-10-3-5-11(6-4-10)24-15(16,17)18/h3-7,20H,1,8H2,2H3,(H2,19,21,22,23). The van der Waals surface area contributed by atoms with Crippen molar-refractivity contribution in [2.45, 2.75) is 16.9 Å². The molecule has 0 atom stereocenters. The molecule has 0 aliphatic carbocycles. The number of aromatic amines is 1. The van der Waals surface area contributed by atoms with Crippen LogP contribution in [0.15, 0.2) is 46.6 Å². The first kappa shape index (κ1) is 17.9. The zero-order chi connectivity index (χ0) is 17.7. The van der Waals surface area contributed by atoms with Crippen molar-refractivity contribution < 1.29 is 13.2 Å². The fraction of sp³-hybridized carbons (Fsp3) is 0.200. The molecule has 1 heterocycles. The molecule has 0 bridgehead atoms. The van der Waals surface area contributed by atoms with E-state index in [4.69, 9.17) is 0 Å². The van der Waals surface area contributed by atoms with Gasteiger partial charge in [0.05, 0.1) is 11.4 Å². The molecule has 0 saturated heterocycles. The number of thioether (sulfide) groups is 1. The van der Waals surface area contributed by atoms with Crippen molar-refractivity contribution in [3.8, 4) is 0 Å². The Hall–Kier alpha value is -2.42. The Balaban J connectivity index is 1.99. The SMILES string of the molecule is C=C(NCc1ccc(SC(F)(F)F)cc1)c1cc(=O)[nH]c(NC)n1. The highest BCUT2D eigenvalue weighted by Gasteiger charge is 2.28. The number of aromatic nitrogens is 2. The van der Waals surface area contributed by atoms with E-state index in [-0.39, 0.29) is 22.2 Å². The average molecular weight is 356 g/mol. The van der Waals surface area contributed by atoms with Gasteiger partial charge in [0.15, 0.2) is 0 Å². The highest BCUT2D eigenvalue weighted by atomic mass is 32.2. The van der Waals surface area contributed by atoms with Crippen LogP contribution in [-0.2, 0) is 6.54 Å². The van der Waals surface area contributed by atoms with Crippen LogP contribution in [0.3, 0.4) is 0 Å². The van der Waals surface area contributed by atoms with Crippen LogP contribution in [0.25, 0.3) is 5.70 Å². The van der Waals surface area contributed by atoms with Gasteiger partial charge in [-0.3, -0.25) is 9.78 Å². The fourth-order valence-electron chi connectivity index (χ4n) is 1.84. The highest BCUT2D eigenvalue weighted by Crippen LogP contribution is 2.36. The number of rotatable bonds is 6. The van der Waals surface area contributed by atoms with Crippen LogP contribution in [0.1, 0.15) is 11.3 Å². The first-order chi connectivity index (χ1) is 11.3. The van der Waals surface area contributed by atoms with Gasteiger partial charge in [-0.15, -0.1) is 0 Å². The lowest BCUT2D eigenvalue weighted by atomic mass is 10.2. The molecule has 2 aromatic rings. The van der Waals surface area contributed by atoms with Crippen molar-refractivity contribution in [1.29, 1.82) is 0 Å². The van der Waals surface area contributed by atoms with Crippen molar-refractivity contribution in [3.05, 3.63) is 58.5 Å². The molecule has 0 aliphatic heterocycles. The van der Waals surface area contributed by atoms with E-state index >= 15 is 0 Å². The van der Waals surface area contributed by atoms with E-state index in [1.807, 2.05) is 0 Å². The minimum absolute atomic E-state index is 0.125. The van der Waals surface area contributed by atoms with Crippen LogP contribution >= 0.6 is 11.8 Å². The van der Waals surface area contributed by atoms with E-state index in [0.717, 1.165) is 5.56 Å². The largest absolute Gasteiger partial charge is 0.446 e. The van der Waals surface area contributed by atoms with E-state index in [2.05, 4.69) is 27.2 Å². The number of halogens is 3. The maximum absolute atomic E-state index is 12.3. The number of hydrogen-bond acceptors (Lipinski definition) is 5. The van der Waals surface area contributed by atoms with Crippen molar-refractivity contribution in [2.24, 2.45) is 0 Å². The Labute approximate surface area is 140 Å². The number of nitrogens with zero attached hydrogens (tertiary/aromatic N) is 1. The van der Waals surface area contributed by atoms with Gasteiger partial charge < -0.3 is 10.6 Å². The minimum atomic E-state index is -4.30. The summed E-state index contributed by atoms with van der Waals surface area (Å²) in [7, 11) is 1.62. The Morgan fingerprint density at radius 3 is 2.58 bits per heavy atom. The van der Waals surface area contributed by atoms with Gasteiger partial charge in [-0.25, -0.2) is 4.98 Å². The van der Waals surface area contributed by atoms with Gasteiger partial charge in [0.25, 0.3) is 5.56 Å². The Morgan fingerprint density at radius 2 is 2.00 bits per heavy atom. The molecular formula is C15H15F3N4OS. The summed E-state index contributed by atoms with van der Waals surface area (Å²) < 4.78 is 36.8. The molecule has 0 saturated carbocycles. The lowest BCUT2D eigenvalue weighted by molar-refractivity contribution is -0.0328. The lowest BCUT2D eigenvalue weighted by Crippen LogP contribution is -2.17. The highest BCUT2D eigenvalue weighted by molar-refractivity contribution is 8.00. The predicted molar refractivity (Wildman–Crippen MR) is 88.6 cm³/mol. The third kappa shape index (κ3) is 5.34. The molecule has 1 aromatic heterocycles. The molecule has 24 heavy (non-hydrogen) atoms. The van der Waals surface area contributed by atoms with E-state index in [1.165, 1.54) is 18.2 Å². The zero-order valence-electron chi connectivity index (χ0n) is 12.7. The van der Waals surface area contributed by atoms with Crippen LogP contribution in [0.4, 0.5) is 19.1 Å². The summed E-state index contributed by atoms with van der Waals surface area (Å²) in [4.78, 5) is 18.3. The molecule has 2 rings (SSSR count). The quantitative estimate of drug-likeness (QED) is 0.694. The van der Waals surface area contributed by atoms with Crippen molar-refractivity contribution in [1.82, 2.24) is 15.3 Å². The van der Waals surface area contributed by atoms with E-state index in [1.54, 1.807) is 19.2 Å². The van der Waals surface area contributed by atoms with Crippen LogP contribution < -0.4 is 16.2 Å². The molecular weight excluding hydrogens is 341 g/mol.